The van der Waals surface area contributed by atoms with Gasteiger partial charge in [0.1, 0.15) is 36.3 Å². The maximum absolute atomic E-state index is 12.8. The highest BCUT2D eigenvalue weighted by Gasteiger charge is 2.52. The molecule has 0 aromatic carbocycles. The monoisotopic (exact) mass is 745 g/mol. The Morgan fingerprint density at radius 3 is 2.35 bits per heavy atom. The van der Waals surface area contributed by atoms with Crippen LogP contribution in [-0.4, -0.2) is 150 Å². The van der Waals surface area contributed by atoms with E-state index in [1.165, 1.54) is 7.11 Å². The summed E-state index contributed by atoms with van der Waals surface area (Å²) >= 11 is 0. The first-order valence-corrected chi connectivity index (χ1v) is 18.5. The molecule has 2 fully saturated rings. The Morgan fingerprint density at radius 2 is 1.75 bits per heavy atom. The maximum Gasteiger partial charge on any atom is 0.308 e. The van der Waals surface area contributed by atoms with Gasteiger partial charge in [-0.15, -0.1) is 0 Å². The number of carbonyl (C=O) groups is 3. The molecule has 15 heteroatoms. The molecule has 0 radical (unpaired) electrons. The quantitative estimate of drug-likeness (QED) is 0.135. The van der Waals surface area contributed by atoms with Crippen molar-refractivity contribution in [3.63, 3.8) is 0 Å². The van der Waals surface area contributed by atoms with Crippen LogP contribution in [0.15, 0.2) is 12.2 Å². The third kappa shape index (κ3) is 11.7. The summed E-state index contributed by atoms with van der Waals surface area (Å²) in [7, 11) is 4.86. The lowest BCUT2D eigenvalue weighted by atomic mass is 9.82. The number of likely N-dealkylation sites (N-methyl/N-ethyl adjacent to an activating group) is 1. The lowest BCUT2D eigenvalue weighted by molar-refractivity contribution is -0.344. The van der Waals surface area contributed by atoms with E-state index in [9.17, 15) is 34.8 Å². The van der Waals surface area contributed by atoms with E-state index in [2.05, 4.69) is 0 Å². The van der Waals surface area contributed by atoms with Crippen LogP contribution in [0.5, 0.6) is 0 Å². The molecule has 0 bridgehead atoms. The van der Waals surface area contributed by atoms with Crippen LogP contribution >= 0.6 is 0 Å². The highest BCUT2D eigenvalue weighted by atomic mass is 16.7. The molecule has 3 aliphatic heterocycles. The number of carbonyl (C=O) groups excluding carboxylic acids is 3. The number of rotatable bonds is 11. The fourth-order valence-electron chi connectivity index (χ4n) is 7.54. The summed E-state index contributed by atoms with van der Waals surface area (Å²) in [4.78, 5) is 38.8. The highest BCUT2D eigenvalue weighted by molar-refractivity contribution is 5.70. The van der Waals surface area contributed by atoms with Gasteiger partial charge in [-0.05, 0) is 66.5 Å². The molecule has 3 aliphatic rings. The van der Waals surface area contributed by atoms with E-state index >= 15 is 0 Å². The van der Waals surface area contributed by atoms with Gasteiger partial charge >= 0.3 is 11.9 Å². The summed E-state index contributed by atoms with van der Waals surface area (Å²) < 4.78 is 42.1. The molecule has 3 rings (SSSR count). The fraction of sp³-hybridized carbons (Fsp3) is 0.865. The summed E-state index contributed by atoms with van der Waals surface area (Å²) in [5.74, 6) is -2.08. The minimum Gasteiger partial charge on any atom is -0.462 e. The number of methoxy groups -OCH3 is 1. The molecule has 4 N–H and O–H groups in total. The van der Waals surface area contributed by atoms with Crippen molar-refractivity contribution in [2.75, 3.05) is 21.2 Å². The van der Waals surface area contributed by atoms with Crippen molar-refractivity contribution in [1.29, 1.82) is 0 Å². The molecule has 3 heterocycles. The van der Waals surface area contributed by atoms with Crippen LogP contribution in [0.25, 0.3) is 0 Å². The summed E-state index contributed by atoms with van der Waals surface area (Å²) in [6.07, 6.45) is -6.71. The number of aliphatic hydroxyl groups excluding tert-OH is 3. The number of esters is 2. The van der Waals surface area contributed by atoms with Crippen LogP contribution in [0, 0.1) is 11.8 Å². The Balaban J connectivity index is 1.89. The van der Waals surface area contributed by atoms with Crippen LogP contribution in [0.1, 0.15) is 86.5 Å². The molecule has 0 saturated carbocycles. The summed E-state index contributed by atoms with van der Waals surface area (Å²) in [6.45, 7) is 10.4. The van der Waals surface area contributed by atoms with Crippen LogP contribution in [0.4, 0.5) is 0 Å². The van der Waals surface area contributed by atoms with Crippen molar-refractivity contribution in [3.05, 3.63) is 12.2 Å². The maximum atomic E-state index is 12.8. The zero-order valence-electron chi connectivity index (χ0n) is 32.2. The van der Waals surface area contributed by atoms with Crippen LogP contribution in [0.2, 0.25) is 0 Å². The zero-order valence-corrected chi connectivity index (χ0v) is 32.2. The number of ether oxygens (including phenoxy) is 7. The average Bonchev–Trinajstić information content (AvgIpc) is 3.03. The third-order valence-corrected chi connectivity index (χ3v) is 10.3. The Kier molecular flexibility index (Phi) is 17.1. The van der Waals surface area contributed by atoms with Crippen LogP contribution < -0.4 is 0 Å². The van der Waals surface area contributed by atoms with Crippen molar-refractivity contribution in [2.24, 2.45) is 11.8 Å². The molecule has 0 amide bonds. The number of aliphatic hydroxyl groups is 4. The second-order valence-electron chi connectivity index (χ2n) is 15.2. The smallest absolute Gasteiger partial charge is 0.308 e. The minimum absolute atomic E-state index is 0.0237. The lowest BCUT2D eigenvalue weighted by Crippen LogP contribution is -2.66. The summed E-state index contributed by atoms with van der Waals surface area (Å²) in [6, 6.07) is -0.742. The van der Waals surface area contributed by atoms with Gasteiger partial charge in [-0.2, -0.15) is 0 Å². The average molecular weight is 746 g/mol. The topological polar surface area (TPSA) is 200 Å². The van der Waals surface area contributed by atoms with Gasteiger partial charge in [0.25, 0.3) is 0 Å². The first-order chi connectivity index (χ1) is 24.4. The highest BCUT2D eigenvalue weighted by Crippen LogP contribution is 2.37. The molecule has 2 saturated heterocycles. The molecule has 16 atom stereocenters. The Bertz CT molecular complexity index is 1170. The van der Waals surface area contributed by atoms with Gasteiger partial charge in [-0.3, -0.25) is 9.59 Å². The largest absolute Gasteiger partial charge is 0.462 e. The SMILES string of the molecule is CCCC(=O)O[C@H]1[C@H](C)O[C@@H](O[C@H]2[C@H](N(C)C)[C@@H](O)[C@H](O[C@H]3C(CC=O)C[C@@H](C)[C@@H](O)/C=C/C[C@@H](C)OC(=O)C[C@@H](O)[C@@H]3OC)O[C@@H]2C)C[C@@]1(C)O. The first-order valence-electron chi connectivity index (χ1n) is 18.5. The van der Waals surface area contributed by atoms with Crippen molar-refractivity contribution < 1.29 is 68.0 Å². The minimum atomic E-state index is -1.47. The van der Waals surface area contributed by atoms with Crippen LogP contribution in [0.3, 0.4) is 0 Å². The van der Waals surface area contributed by atoms with Crippen molar-refractivity contribution in [3.8, 4) is 0 Å². The van der Waals surface area contributed by atoms with E-state index in [0.29, 0.717) is 12.8 Å². The van der Waals surface area contributed by atoms with Crippen LogP contribution in [-0.2, 0) is 47.5 Å². The van der Waals surface area contributed by atoms with E-state index in [1.54, 1.807) is 58.8 Å². The number of cyclic esters (lactones) is 1. The molecule has 15 nitrogen and oxygen atoms in total. The third-order valence-electron chi connectivity index (χ3n) is 10.3. The van der Waals surface area contributed by atoms with Gasteiger partial charge in [-0.1, -0.05) is 26.0 Å². The van der Waals surface area contributed by atoms with E-state index < -0.39 is 110 Å². The number of nitrogens with zero attached hydrogens (tertiary/aromatic N) is 1. The zero-order chi connectivity index (χ0) is 38.9. The standard InChI is InChI=1S/C37H63NO14/c1-10-12-27(42)50-35-23(5)48-29(19-37(35,6)45)51-32-22(4)49-36(31(44)30(32)38(7)8)52-33-24(15-16-39)17-20(2)25(40)14-11-13-21(3)47-28(43)18-26(41)34(33)46-9/h11,14,16,20-26,29-36,40-41,44-45H,10,12-13,15,17-19H2,1-9H3/b14-11+/t20-,21-,22-,23+,24?,25+,26-,29+,30-,31-,32-,33+,34+,35+,36+,37-/m1/s1. The fourth-order valence-corrected chi connectivity index (χ4v) is 7.54. The van der Waals surface area contributed by atoms with Gasteiger partial charge in [0.15, 0.2) is 18.7 Å². The Labute approximate surface area is 307 Å². The first kappa shape index (κ1) is 44.3. The van der Waals surface area contributed by atoms with Gasteiger partial charge in [-0.25, -0.2) is 0 Å². The van der Waals surface area contributed by atoms with Crippen molar-refractivity contribution in [2.45, 2.75) is 172 Å². The molecule has 1 unspecified atom stereocenters. The van der Waals surface area contributed by atoms with E-state index in [1.807, 2.05) is 13.8 Å². The predicted octanol–water partition coefficient (Wildman–Crippen LogP) is 1.64. The molecule has 52 heavy (non-hydrogen) atoms. The molecule has 0 aromatic heterocycles. The second-order valence-corrected chi connectivity index (χ2v) is 15.2. The van der Waals surface area contributed by atoms with Gasteiger partial charge in [0.05, 0.1) is 43.0 Å². The number of aldehydes is 1. The van der Waals surface area contributed by atoms with Gasteiger partial charge < -0.3 is 63.3 Å². The van der Waals surface area contributed by atoms with Crippen molar-refractivity contribution in [1.82, 2.24) is 4.90 Å². The van der Waals surface area contributed by atoms with Crippen molar-refractivity contribution >= 4 is 18.2 Å². The van der Waals surface area contributed by atoms with E-state index in [4.69, 9.17) is 33.2 Å². The van der Waals surface area contributed by atoms with Gasteiger partial charge in [0, 0.05) is 32.8 Å². The predicted molar refractivity (Wildman–Crippen MR) is 187 cm³/mol. The van der Waals surface area contributed by atoms with Gasteiger partial charge in [0.2, 0.25) is 0 Å². The Hall–Kier alpha value is -2.05. The normalized spacial score (nSPS) is 43.3. The van der Waals surface area contributed by atoms with E-state index in [0.717, 1.165) is 6.29 Å². The number of hydrogen-bond donors (Lipinski definition) is 4. The summed E-state index contributed by atoms with van der Waals surface area (Å²) in [5, 5.41) is 45.4. The molecular formula is C37H63NO14. The number of hydrogen-bond acceptors (Lipinski definition) is 15. The molecular weight excluding hydrogens is 682 g/mol. The summed E-state index contributed by atoms with van der Waals surface area (Å²) in [5.41, 5.74) is -1.47. The molecule has 0 spiro atoms. The molecule has 0 aliphatic carbocycles. The van der Waals surface area contributed by atoms with E-state index in [-0.39, 0.29) is 31.6 Å². The lowest BCUT2D eigenvalue weighted by Gasteiger charge is -2.50. The molecule has 300 valence electrons. The Morgan fingerprint density at radius 1 is 1.06 bits per heavy atom. The molecule has 0 aromatic rings. The second kappa shape index (κ2) is 20.0.